The smallest absolute Gasteiger partial charge is 0.421 e. The minimum absolute atomic E-state index is 0.0490. The SMILES string of the molecule is COCCOC(=O)N1C(=O)C2(c3cc(C#CC4=CCCCC4)ccc31)C(C(=O)O)C1C(=O)OC(c3ccccc3)C(c3ccccc3)N1C2c1ccccc1OCCO. The summed E-state index contributed by atoms with van der Waals surface area (Å²) >= 11 is 0. The molecule has 2 fully saturated rings. The van der Waals surface area contributed by atoms with E-state index in [0.29, 0.717) is 22.3 Å². The molecule has 2 N–H and O–H groups in total. The van der Waals surface area contributed by atoms with E-state index < -0.39 is 59.5 Å². The summed E-state index contributed by atoms with van der Waals surface area (Å²) in [6.07, 6.45) is 3.98. The maximum atomic E-state index is 15.9. The van der Waals surface area contributed by atoms with E-state index in [4.69, 9.17) is 18.9 Å². The maximum Gasteiger partial charge on any atom is 0.421 e. The molecule has 0 radical (unpaired) electrons. The van der Waals surface area contributed by atoms with E-state index in [1.165, 1.54) is 7.11 Å². The van der Waals surface area contributed by atoms with Crippen molar-refractivity contribution in [3.63, 3.8) is 0 Å². The minimum Gasteiger partial charge on any atom is -0.491 e. The molecule has 12 nitrogen and oxygen atoms in total. The number of carbonyl (C=O) groups is 4. The number of imide groups is 1. The number of cyclic esters (lactones) is 1. The predicted octanol–water partition coefficient (Wildman–Crippen LogP) is 6.44. The number of methoxy groups -OCH3 is 1. The van der Waals surface area contributed by atoms with Gasteiger partial charge in [-0.15, -0.1) is 0 Å². The Balaban J connectivity index is 1.45. The normalized spacial score (nSPS) is 24.7. The fourth-order valence-electron chi connectivity index (χ4n) is 9.29. The largest absolute Gasteiger partial charge is 0.491 e. The number of amides is 2. The molecule has 2 amide bonds. The number of fused-ring (bicyclic) bond motifs is 3. The van der Waals surface area contributed by atoms with E-state index in [9.17, 15) is 24.6 Å². The van der Waals surface area contributed by atoms with Crippen LogP contribution < -0.4 is 9.64 Å². The third-order valence-electron chi connectivity index (χ3n) is 11.6. The number of hydrogen-bond acceptors (Lipinski definition) is 10. The number of aliphatic carboxylic acids is 1. The van der Waals surface area contributed by atoms with Crippen molar-refractivity contribution in [2.24, 2.45) is 5.92 Å². The third-order valence-corrected chi connectivity index (χ3v) is 11.6. The Kier molecular flexibility index (Phi) is 11.3. The standard InChI is InChI=1S/C47H44N2O10/c1-56-27-28-58-46(55)48-36-24-23-31(22-21-30-13-5-2-6-14-30)29-35(36)47(45(48)54)38(43(51)52)40-44(53)59-41(33-17-9-4-10-18-33)39(32-15-7-3-8-16-32)49(40)42(47)34-19-11-12-20-37(34)57-26-25-50/h3-4,7-13,15-20,23-24,29,38-42,50H,2,5-6,14,25-28H2,1H3,(H,51,52). The number of carboxylic acid groups (broad SMARTS) is 1. The lowest BCUT2D eigenvalue weighted by Crippen LogP contribution is -2.53. The van der Waals surface area contributed by atoms with Gasteiger partial charge in [0.2, 0.25) is 5.91 Å². The zero-order valence-corrected chi connectivity index (χ0v) is 32.5. The highest BCUT2D eigenvalue weighted by molar-refractivity contribution is 6.23. The molecule has 59 heavy (non-hydrogen) atoms. The van der Waals surface area contributed by atoms with Crippen molar-refractivity contribution in [2.75, 3.05) is 38.4 Å². The lowest BCUT2D eigenvalue weighted by molar-refractivity contribution is -0.179. The Morgan fingerprint density at radius 1 is 0.864 bits per heavy atom. The molecule has 1 spiro atoms. The van der Waals surface area contributed by atoms with Gasteiger partial charge in [0.25, 0.3) is 0 Å². The van der Waals surface area contributed by atoms with Crippen molar-refractivity contribution < 1.29 is 48.3 Å². The number of carbonyl (C=O) groups excluding carboxylic acids is 3. The number of carboxylic acids is 1. The molecule has 3 aliphatic heterocycles. The van der Waals surface area contributed by atoms with Crippen molar-refractivity contribution in [2.45, 2.75) is 55.3 Å². The van der Waals surface area contributed by atoms with Crippen molar-refractivity contribution in [1.29, 1.82) is 0 Å². The monoisotopic (exact) mass is 796 g/mol. The van der Waals surface area contributed by atoms with E-state index in [0.717, 1.165) is 36.2 Å². The average molecular weight is 797 g/mol. The van der Waals surface area contributed by atoms with Gasteiger partial charge >= 0.3 is 18.0 Å². The predicted molar refractivity (Wildman–Crippen MR) is 215 cm³/mol. The Bertz CT molecular complexity index is 2340. The van der Waals surface area contributed by atoms with E-state index >= 15 is 4.79 Å². The number of ether oxygens (including phenoxy) is 4. The summed E-state index contributed by atoms with van der Waals surface area (Å²) in [5.74, 6) is 1.78. The van der Waals surface area contributed by atoms with Crippen LogP contribution in [0.4, 0.5) is 10.5 Å². The third kappa shape index (κ3) is 6.95. The minimum atomic E-state index is -2.18. The Hall–Kier alpha value is -6.26. The molecular formula is C47H44N2O10. The second-order valence-electron chi connectivity index (χ2n) is 14.9. The van der Waals surface area contributed by atoms with Crippen LogP contribution in [0.15, 0.2) is 115 Å². The number of hydrogen-bond donors (Lipinski definition) is 2. The molecule has 6 atom stereocenters. The van der Waals surface area contributed by atoms with Crippen molar-refractivity contribution in [1.82, 2.24) is 4.90 Å². The van der Waals surface area contributed by atoms with Gasteiger partial charge in [-0.1, -0.05) is 96.8 Å². The van der Waals surface area contributed by atoms with Crippen molar-refractivity contribution in [3.8, 4) is 17.6 Å². The topological polar surface area (TPSA) is 152 Å². The van der Waals surface area contributed by atoms with E-state index in [1.807, 2.05) is 60.7 Å². The Morgan fingerprint density at radius 3 is 2.29 bits per heavy atom. The van der Waals surface area contributed by atoms with Crippen LogP contribution in [-0.4, -0.2) is 78.6 Å². The molecular weight excluding hydrogens is 753 g/mol. The Labute approximate surface area is 341 Å². The molecule has 0 saturated carbocycles. The maximum absolute atomic E-state index is 15.9. The zero-order chi connectivity index (χ0) is 41.1. The first kappa shape index (κ1) is 39.6. The van der Waals surface area contributed by atoms with Crippen LogP contribution in [0.3, 0.4) is 0 Å². The fourth-order valence-corrected chi connectivity index (χ4v) is 9.29. The van der Waals surface area contributed by atoms with Crippen LogP contribution in [0.5, 0.6) is 5.75 Å². The van der Waals surface area contributed by atoms with Gasteiger partial charge in [-0.05, 0) is 72.2 Å². The summed E-state index contributed by atoms with van der Waals surface area (Å²) in [6, 6.07) is 26.6. The number of allylic oxidation sites excluding steroid dienone is 2. The summed E-state index contributed by atoms with van der Waals surface area (Å²) in [6.45, 7) is -0.574. The lowest BCUT2D eigenvalue weighted by atomic mass is 9.65. The quantitative estimate of drug-likeness (QED) is 0.104. The molecule has 12 heteroatoms. The van der Waals surface area contributed by atoms with E-state index in [2.05, 4.69) is 17.9 Å². The molecule has 3 heterocycles. The van der Waals surface area contributed by atoms with Crippen LogP contribution in [0.25, 0.3) is 0 Å². The highest BCUT2D eigenvalue weighted by Gasteiger charge is 2.76. The number of rotatable bonds is 10. The number of morpholine rings is 1. The van der Waals surface area contributed by atoms with E-state index in [-0.39, 0.29) is 43.4 Å². The van der Waals surface area contributed by atoms with Crippen LogP contribution in [0, 0.1) is 17.8 Å². The molecule has 0 bridgehead atoms. The highest BCUT2D eigenvalue weighted by atomic mass is 16.6. The molecule has 1 aliphatic carbocycles. The van der Waals surface area contributed by atoms with Crippen LogP contribution in [-0.2, 0) is 34.0 Å². The second-order valence-corrected chi connectivity index (χ2v) is 14.9. The van der Waals surface area contributed by atoms with Crippen LogP contribution >= 0.6 is 0 Å². The number of para-hydroxylation sites is 1. The first-order valence-corrected chi connectivity index (χ1v) is 19.8. The summed E-state index contributed by atoms with van der Waals surface area (Å²) in [7, 11) is 1.45. The lowest BCUT2D eigenvalue weighted by Gasteiger charge is -2.46. The number of benzene rings is 4. The van der Waals surface area contributed by atoms with Gasteiger partial charge in [-0.2, -0.15) is 0 Å². The first-order chi connectivity index (χ1) is 28.8. The number of esters is 1. The molecule has 4 aromatic rings. The summed E-state index contributed by atoms with van der Waals surface area (Å²) in [5.41, 5.74) is 1.31. The van der Waals surface area contributed by atoms with Crippen molar-refractivity contribution in [3.05, 3.63) is 143 Å². The van der Waals surface area contributed by atoms with Gasteiger partial charge in [-0.3, -0.25) is 19.3 Å². The second kappa shape index (κ2) is 16.9. The molecule has 8 rings (SSSR count). The summed E-state index contributed by atoms with van der Waals surface area (Å²) in [5, 5.41) is 21.5. The molecule has 302 valence electrons. The average Bonchev–Trinajstić information content (AvgIpc) is 3.72. The molecule has 0 aromatic heterocycles. The number of aliphatic hydroxyl groups excluding tert-OH is 1. The van der Waals surface area contributed by atoms with Crippen LogP contribution in [0.2, 0.25) is 0 Å². The zero-order valence-electron chi connectivity index (χ0n) is 32.5. The highest BCUT2D eigenvalue weighted by Crippen LogP contribution is 2.66. The summed E-state index contributed by atoms with van der Waals surface area (Å²) in [4.78, 5) is 61.7. The van der Waals surface area contributed by atoms with Crippen molar-refractivity contribution >= 4 is 29.6 Å². The van der Waals surface area contributed by atoms with Gasteiger partial charge < -0.3 is 29.2 Å². The van der Waals surface area contributed by atoms with Gasteiger partial charge in [0.05, 0.1) is 31.0 Å². The number of anilines is 1. The fraction of sp³-hybridized carbons (Fsp3) is 0.319. The molecule has 4 aliphatic rings. The molecule has 2 saturated heterocycles. The molecule has 4 aromatic carbocycles. The van der Waals surface area contributed by atoms with Gasteiger partial charge in [0, 0.05) is 18.2 Å². The van der Waals surface area contributed by atoms with Gasteiger partial charge in [0.15, 0.2) is 0 Å². The van der Waals surface area contributed by atoms with Gasteiger partial charge in [-0.25, -0.2) is 9.69 Å². The van der Waals surface area contributed by atoms with Gasteiger partial charge in [0.1, 0.15) is 42.4 Å². The summed E-state index contributed by atoms with van der Waals surface area (Å²) < 4.78 is 23.2. The first-order valence-electron chi connectivity index (χ1n) is 19.8. The Morgan fingerprint density at radius 2 is 1.59 bits per heavy atom. The molecule has 6 unspecified atom stereocenters. The van der Waals surface area contributed by atoms with E-state index in [1.54, 1.807) is 47.4 Å². The number of aliphatic hydroxyl groups is 1. The van der Waals surface area contributed by atoms with Crippen LogP contribution in [0.1, 0.15) is 71.7 Å². The number of nitrogens with zero attached hydrogens (tertiary/aromatic N) is 2.